The van der Waals surface area contributed by atoms with Crippen LogP contribution in [0.4, 0.5) is 0 Å². The van der Waals surface area contributed by atoms with Gasteiger partial charge in [0, 0.05) is 19.2 Å². The zero-order valence-electron chi connectivity index (χ0n) is 11.2. The second-order valence-corrected chi connectivity index (χ2v) is 7.10. The first-order valence-electron chi connectivity index (χ1n) is 6.34. The molecule has 0 aromatic heterocycles. The topological polar surface area (TPSA) is 74.7 Å². The molecule has 20 heavy (non-hydrogen) atoms. The van der Waals surface area contributed by atoms with Crippen molar-refractivity contribution in [2.45, 2.75) is 13.5 Å². The van der Waals surface area contributed by atoms with E-state index in [9.17, 15) is 13.2 Å². The predicted molar refractivity (Wildman–Crippen MR) is 76.5 cm³/mol. The molecule has 1 aliphatic heterocycles. The summed E-state index contributed by atoms with van der Waals surface area (Å²) in [7, 11) is -3.12. The van der Waals surface area contributed by atoms with Crippen LogP contribution in [0.25, 0.3) is 6.08 Å². The zero-order chi connectivity index (χ0) is 14.8. The number of benzene rings is 1. The summed E-state index contributed by atoms with van der Waals surface area (Å²) in [5.41, 5.74) is 1.67. The lowest BCUT2D eigenvalue weighted by Crippen LogP contribution is -2.25. The maximum Gasteiger partial charge on any atom is 0.328 e. The van der Waals surface area contributed by atoms with Crippen molar-refractivity contribution in [1.82, 2.24) is 4.31 Å². The Morgan fingerprint density at radius 2 is 2.05 bits per heavy atom. The second kappa shape index (κ2) is 5.76. The van der Waals surface area contributed by atoms with E-state index < -0.39 is 16.0 Å². The van der Waals surface area contributed by atoms with Crippen LogP contribution in [0, 0.1) is 5.92 Å². The minimum Gasteiger partial charge on any atom is -0.478 e. The first-order valence-corrected chi connectivity index (χ1v) is 7.95. The quantitative estimate of drug-likeness (QED) is 0.856. The first kappa shape index (κ1) is 14.7. The van der Waals surface area contributed by atoms with E-state index in [0.717, 1.165) is 17.2 Å². The molecule has 5 nitrogen and oxygen atoms in total. The Balaban J connectivity index is 2.06. The van der Waals surface area contributed by atoms with Crippen LogP contribution in [-0.2, 0) is 21.4 Å². The van der Waals surface area contributed by atoms with Gasteiger partial charge in [-0.25, -0.2) is 13.2 Å². The summed E-state index contributed by atoms with van der Waals surface area (Å²) in [4.78, 5) is 10.4. The lowest BCUT2D eigenvalue weighted by atomic mass is 10.1. The highest BCUT2D eigenvalue weighted by Gasteiger charge is 2.33. The lowest BCUT2D eigenvalue weighted by Gasteiger charge is -2.14. The molecule has 0 saturated carbocycles. The van der Waals surface area contributed by atoms with Gasteiger partial charge in [0.1, 0.15) is 0 Å². The smallest absolute Gasteiger partial charge is 0.328 e. The van der Waals surface area contributed by atoms with Gasteiger partial charge >= 0.3 is 5.97 Å². The van der Waals surface area contributed by atoms with Gasteiger partial charge in [-0.3, -0.25) is 0 Å². The standard InChI is InChI=1S/C14H17NO4S/c1-11-8-15(20(18,19)10-11)9-13-4-2-12(3-5-13)6-7-14(16)17/h2-7,11H,8-10H2,1H3,(H,16,17). The Morgan fingerprint density at radius 3 is 2.55 bits per heavy atom. The van der Waals surface area contributed by atoms with Crippen LogP contribution in [0.15, 0.2) is 30.3 Å². The number of carboxylic acids is 1. The van der Waals surface area contributed by atoms with E-state index in [4.69, 9.17) is 5.11 Å². The highest BCUT2D eigenvalue weighted by atomic mass is 32.2. The van der Waals surface area contributed by atoms with Gasteiger partial charge in [-0.2, -0.15) is 4.31 Å². The molecule has 1 saturated heterocycles. The highest BCUT2D eigenvalue weighted by Crippen LogP contribution is 2.21. The average Bonchev–Trinajstić information content (AvgIpc) is 2.61. The van der Waals surface area contributed by atoms with Gasteiger partial charge in [-0.05, 0) is 23.1 Å². The molecule has 1 N–H and O–H groups in total. The molecular formula is C14H17NO4S. The third-order valence-electron chi connectivity index (χ3n) is 3.16. The number of hydrogen-bond acceptors (Lipinski definition) is 3. The van der Waals surface area contributed by atoms with E-state index in [1.165, 1.54) is 10.4 Å². The summed E-state index contributed by atoms with van der Waals surface area (Å²) in [6.45, 7) is 2.86. The molecule has 1 atom stereocenters. The van der Waals surface area contributed by atoms with Gasteiger partial charge in [0.2, 0.25) is 10.0 Å². The Morgan fingerprint density at radius 1 is 1.40 bits per heavy atom. The summed E-state index contributed by atoms with van der Waals surface area (Å²) < 4.78 is 25.2. The maximum atomic E-state index is 11.9. The predicted octanol–water partition coefficient (Wildman–Crippen LogP) is 1.57. The molecule has 0 radical (unpaired) electrons. The molecule has 108 valence electrons. The van der Waals surface area contributed by atoms with Crippen molar-refractivity contribution in [3.63, 3.8) is 0 Å². The van der Waals surface area contributed by atoms with Crippen molar-refractivity contribution >= 4 is 22.1 Å². The normalized spacial score (nSPS) is 22.4. The molecule has 6 heteroatoms. The van der Waals surface area contributed by atoms with Gasteiger partial charge in [-0.15, -0.1) is 0 Å². The number of nitrogens with zero attached hydrogens (tertiary/aromatic N) is 1. The van der Waals surface area contributed by atoms with E-state index in [0.29, 0.717) is 13.1 Å². The largest absolute Gasteiger partial charge is 0.478 e. The van der Waals surface area contributed by atoms with Crippen molar-refractivity contribution in [3.05, 3.63) is 41.5 Å². The van der Waals surface area contributed by atoms with Gasteiger partial charge in [0.15, 0.2) is 0 Å². The van der Waals surface area contributed by atoms with Gasteiger partial charge in [-0.1, -0.05) is 31.2 Å². The lowest BCUT2D eigenvalue weighted by molar-refractivity contribution is -0.131. The number of aliphatic carboxylic acids is 1. The molecule has 1 aromatic rings. The number of rotatable bonds is 4. The van der Waals surface area contributed by atoms with E-state index in [1.54, 1.807) is 12.1 Å². The summed E-state index contributed by atoms with van der Waals surface area (Å²) >= 11 is 0. The fourth-order valence-electron chi connectivity index (χ4n) is 2.25. The molecular weight excluding hydrogens is 278 g/mol. The minimum absolute atomic E-state index is 0.165. The second-order valence-electron chi connectivity index (χ2n) is 5.09. The fraction of sp³-hybridized carbons (Fsp3) is 0.357. The molecule has 0 bridgehead atoms. The monoisotopic (exact) mass is 295 g/mol. The van der Waals surface area contributed by atoms with Crippen LogP contribution in [0.5, 0.6) is 0 Å². The SMILES string of the molecule is CC1CN(Cc2ccc(C=CC(=O)O)cc2)S(=O)(=O)C1. The van der Waals surface area contributed by atoms with E-state index in [-0.39, 0.29) is 11.7 Å². The van der Waals surface area contributed by atoms with Crippen molar-refractivity contribution < 1.29 is 18.3 Å². The Kier molecular flexibility index (Phi) is 4.25. The van der Waals surface area contributed by atoms with Crippen molar-refractivity contribution in [1.29, 1.82) is 0 Å². The number of hydrogen-bond donors (Lipinski definition) is 1. The summed E-state index contributed by atoms with van der Waals surface area (Å²) in [6.07, 6.45) is 2.57. The molecule has 1 heterocycles. The number of carboxylic acid groups (broad SMARTS) is 1. The summed E-state index contributed by atoms with van der Waals surface area (Å²) in [5.74, 6) is -0.615. The summed E-state index contributed by atoms with van der Waals surface area (Å²) in [5, 5.41) is 8.54. The summed E-state index contributed by atoms with van der Waals surface area (Å²) in [6, 6.07) is 7.20. The molecule has 1 fully saturated rings. The number of carbonyl (C=O) groups is 1. The van der Waals surface area contributed by atoms with Crippen LogP contribution >= 0.6 is 0 Å². The maximum absolute atomic E-state index is 11.9. The molecule has 0 aliphatic carbocycles. The molecule has 1 aromatic carbocycles. The van der Waals surface area contributed by atoms with Crippen LogP contribution in [0.2, 0.25) is 0 Å². The Labute approximate surface area is 118 Å². The fourth-order valence-corrected chi connectivity index (χ4v) is 4.11. The van der Waals surface area contributed by atoms with Crippen LogP contribution in [0.3, 0.4) is 0 Å². The van der Waals surface area contributed by atoms with Crippen molar-refractivity contribution in [2.24, 2.45) is 5.92 Å². The van der Waals surface area contributed by atoms with Crippen molar-refractivity contribution in [2.75, 3.05) is 12.3 Å². The molecule has 2 rings (SSSR count). The third kappa shape index (κ3) is 3.68. The zero-order valence-corrected chi connectivity index (χ0v) is 12.0. The highest BCUT2D eigenvalue weighted by molar-refractivity contribution is 7.89. The van der Waals surface area contributed by atoms with Crippen molar-refractivity contribution in [3.8, 4) is 0 Å². The first-order chi connectivity index (χ1) is 9.37. The molecule has 1 aliphatic rings. The Bertz CT molecular complexity index is 619. The molecule has 0 spiro atoms. The van der Waals surface area contributed by atoms with Crippen LogP contribution < -0.4 is 0 Å². The van der Waals surface area contributed by atoms with Gasteiger partial charge in [0.05, 0.1) is 5.75 Å². The van der Waals surface area contributed by atoms with Gasteiger partial charge < -0.3 is 5.11 Å². The number of sulfonamides is 1. The Hall–Kier alpha value is -1.66. The van der Waals surface area contributed by atoms with Gasteiger partial charge in [0.25, 0.3) is 0 Å². The molecule has 1 unspecified atom stereocenters. The van der Waals surface area contributed by atoms with Crippen LogP contribution in [0.1, 0.15) is 18.1 Å². The average molecular weight is 295 g/mol. The molecule has 0 amide bonds. The van der Waals surface area contributed by atoms with E-state index in [1.807, 2.05) is 19.1 Å². The van der Waals surface area contributed by atoms with E-state index >= 15 is 0 Å². The van der Waals surface area contributed by atoms with E-state index in [2.05, 4.69) is 0 Å². The third-order valence-corrected chi connectivity index (χ3v) is 5.22. The van der Waals surface area contributed by atoms with Crippen LogP contribution in [-0.4, -0.2) is 36.1 Å². The minimum atomic E-state index is -3.12.